The lowest BCUT2D eigenvalue weighted by molar-refractivity contribution is 1.45. The average molecular weight is 304 g/mol. The summed E-state index contributed by atoms with van der Waals surface area (Å²) >= 11 is 1.76. The number of hydrogen-bond acceptors (Lipinski definition) is 2. The summed E-state index contributed by atoms with van der Waals surface area (Å²) in [6, 6.07) is 19.1. The molecule has 2 heterocycles. The van der Waals surface area contributed by atoms with Crippen molar-refractivity contribution < 1.29 is 0 Å². The van der Waals surface area contributed by atoms with Crippen LogP contribution < -0.4 is 5.32 Å². The van der Waals surface area contributed by atoms with Gasteiger partial charge in [-0.15, -0.1) is 11.3 Å². The Kier molecular flexibility index (Phi) is 3.20. The van der Waals surface area contributed by atoms with E-state index in [1.807, 2.05) is 6.20 Å². The highest BCUT2D eigenvalue weighted by molar-refractivity contribution is 7.13. The van der Waals surface area contributed by atoms with Crippen LogP contribution in [0.5, 0.6) is 0 Å². The van der Waals surface area contributed by atoms with Gasteiger partial charge in [-0.2, -0.15) is 0 Å². The number of nitrogens with one attached hydrogen (secondary N) is 2. The fourth-order valence-corrected chi connectivity index (χ4v) is 3.57. The molecule has 4 aromatic rings. The van der Waals surface area contributed by atoms with Crippen LogP contribution in [0.1, 0.15) is 5.56 Å². The van der Waals surface area contributed by atoms with E-state index in [9.17, 15) is 0 Å². The summed E-state index contributed by atoms with van der Waals surface area (Å²) in [6.45, 7) is 2.16. The van der Waals surface area contributed by atoms with Crippen molar-refractivity contribution in [1.29, 1.82) is 0 Å². The van der Waals surface area contributed by atoms with E-state index < -0.39 is 0 Å². The number of thiophene rings is 1. The minimum Gasteiger partial charge on any atom is -0.361 e. The molecule has 0 spiro atoms. The van der Waals surface area contributed by atoms with Gasteiger partial charge in [-0.25, -0.2) is 0 Å². The molecular formula is C19H16N2S. The van der Waals surface area contributed by atoms with Gasteiger partial charge in [0.1, 0.15) is 0 Å². The van der Waals surface area contributed by atoms with Crippen LogP contribution in [0.2, 0.25) is 0 Å². The lowest BCUT2D eigenvalue weighted by Gasteiger charge is -2.14. The Labute approximate surface area is 133 Å². The van der Waals surface area contributed by atoms with Crippen LogP contribution in [-0.2, 0) is 0 Å². The number of hydrogen-bond donors (Lipinski definition) is 2. The number of benzene rings is 2. The van der Waals surface area contributed by atoms with Crippen LogP contribution in [0.15, 0.2) is 66.2 Å². The smallest absolute Gasteiger partial charge is 0.0472 e. The predicted molar refractivity (Wildman–Crippen MR) is 96.1 cm³/mol. The van der Waals surface area contributed by atoms with Crippen LogP contribution >= 0.6 is 11.3 Å². The van der Waals surface area contributed by atoms with Crippen LogP contribution in [0.4, 0.5) is 11.4 Å². The molecule has 0 aliphatic carbocycles. The summed E-state index contributed by atoms with van der Waals surface area (Å²) in [5.74, 6) is 0. The molecule has 0 atom stereocenters. The maximum atomic E-state index is 3.60. The second-order valence-electron chi connectivity index (χ2n) is 5.32. The zero-order chi connectivity index (χ0) is 14.9. The summed E-state index contributed by atoms with van der Waals surface area (Å²) in [5, 5.41) is 6.98. The third kappa shape index (κ3) is 2.20. The zero-order valence-electron chi connectivity index (χ0n) is 12.3. The summed E-state index contributed by atoms with van der Waals surface area (Å²) < 4.78 is 0. The molecule has 0 saturated heterocycles. The van der Waals surface area contributed by atoms with Gasteiger partial charge >= 0.3 is 0 Å². The van der Waals surface area contributed by atoms with Gasteiger partial charge in [0, 0.05) is 38.9 Å². The van der Waals surface area contributed by atoms with Crippen LogP contribution in [-0.4, -0.2) is 4.98 Å². The lowest BCUT2D eigenvalue weighted by atomic mass is 10.1. The number of aromatic nitrogens is 1. The number of anilines is 2. The van der Waals surface area contributed by atoms with Gasteiger partial charge in [0.15, 0.2) is 0 Å². The van der Waals surface area contributed by atoms with E-state index in [2.05, 4.69) is 77.2 Å². The Balaban J connectivity index is 1.78. The van der Waals surface area contributed by atoms with E-state index in [1.165, 1.54) is 26.9 Å². The van der Waals surface area contributed by atoms with Crippen molar-refractivity contribution >= 4 is 33.6 Å². The molecule has 3 heteroatoms. The van der Waals surface area contributed by atoms with Gasteiger partial charge < -0.3 is 10.3 Å². The Morgan fingerprint density at radius 1 is 0.909 bits per heavy atom. The van der Waals surface area contributed by atoms with Crippen molar-refractivity contribution in [2.75, 3.05) is 5.32 Å². The van der Waals surface area contributed by atoms with Gasteiger partial charge in [-0.05, 0) is 48.2 Å². The molecule has 0 amide bonds. The molecule has 0 bridgehead atoms. The van der Waals surface area contributed by atoms with E-state index >= 15 is 0 Å². The van der Waals surface area contributed by atoms with Crippen LogP contribution in [0.3, 0.4) is 0 Å². The highest BCUT2D eigenvalue weighted by atomic mass is 32.1. The lowest BCUT2D eigenvalue weighted by Crippen LogP contribution is -1.95. The third-order valence-electron chi connectivity index (χ3n) is 3.99. The Bertz CT molecular complexity index is 920. The molecular weight excluding hydrogens is 288 g/mol. The largest absolute Gasteiger partial charge is 0.361 e. The number of H-pyrrole nitrogens is 1. The molecule has 0 aliphatic heterocycles. The van der Waals surface area contributed by atoms with E-state index in [-0.39, 0.29) is 0 Å². The van der Waals surface area contributed by atoms with Crippen LogP contribution in [0, 0.1) is 6.92 Å². The first-order chi connectivity index (χ1) is 10.8. The fourth-order valence-electron chi connectivity index (χ4n) is 2.80. The molecule has 2 nitrogen and oxygen atoms in total. The number of fused-ring (bicyclic) bond motifs is 1. The van der Waals surface area contributed by atoms with Crippen molar-refractivity contribution in [3.8, 4) is 10.4 Å². The zero-order valence-corrected chi connectivity index (χ0v) is 13.1. The molecule has 0 unspecified atom stereocenters. The molecule has 2 N–H and O–H groups in total. The van der Waals surface area contributed by atoms with Gasteiger partial charge in [0.25, 0.3) is 0 Å². The number of aryl methyl sites for hydroxylation is 1. The Morgan fingerprint density at radius 3 is 2.68 bits per heavy atom. The standard InChI is InChI=1S/C19H16N2S/c1-13-14-10-11-20-17(14)9-8-16(13)21-18-6-3-2-5-15(18)19-7-4-12-22-19/h2-12,20-21H,1H3. The van der Waals surface area contributed by atoms with Gasteiger partial charge in [0.2, 0.25) is 0 Å². The molecule has 0 aliphatic rings. The Morgan fingerprint density at radius 2 is 1.82 bits per heavy atom. The van der Waals surface area contributed by atoms with Crippen molar-refractivity contribution in [3.63, 3.8) is 0 Å². The van der Waals surface area contributed by atoms with Crippen molar-refractivity contribution in [1.82, 2.24) is 4.98 Å². The topological polar surface area (TPSA) is 27.8 Å². The average Bonchev–Trinajstić information content (AvgIpc) is 3.22. The monoisotopic (exact) mass is 304 g/mol. The van der Waals surface area contributed by atoms with E-state index in [0.29, 0.717) is 0 Å². The minimum atomic E-state index is 1.14. The van der Waals surface area contributed by atoms with Crippen LogP contribution in [0.25, 0.3) is 21.3 Å². The summed E-state index contributed by atoms with van der Waals surface area (Å²) in [5.41, 5.74) is 5.97. The predicted octanol–water partition coefficient (Wildman–Crippen LogP) is 5.95. The van der Waals surface area contributed by atoms with Crippen molar-refractivity contribution in [2.45, 2.75) is 6.92 Å². The first-order valence-electron chi connectivity index (χ1n) is 7.29. The SMILES string of the molecule is Cc1c(Nc2ccccc2-c2cccs2)ccc2[nH]ccc12. The molecule has 22 heavy (non-hydrogen) atoms. The van der Waals surface area contributed by atoms with Crippen molar-refractivity contribution in [3.05, 3.63) is 71.7 Å². The van der Waals surface area contributed by atoms with Gasteiger partial charge in [-0.3, -0.25) is 0 Å². The molecule has 2 aromatic heterocycles. The molecule has 2 aromatic carbocycles. The van der Waals surface area contributed by atoms with E-state index in [1.54, 1.807) is 11.3 Å². The van der Waals surface area contributed by atoms with E-state index in [4.69, 9.17) is 0 Å². The fraction of sp³-hybridized carbons (Fsp3) is 0.0526. The summed E-state index contributed by atoms with van der Waals surface area (Å²) in [7, 11) is 0. The minimum absolute atomic E-state index is 1.14. The number of para-hydroxylation sites is 1. The maximum Gasteiger partial charge on any atom is 0.0472 e. The summed E-state index contributed by atoms with van der Waals surface area (Å²) in [4.78, 5) is 4.54. The number of aromatic amines is 1. The third-order valence-corrected chi connectivity index (χ3v) is 4.89. The number of rotatable bonds is 3. The second kappa shape index (κ2) is 5.35. The van der Waals surface area contributed by atoms with Crippen molar-refractivity contribution in [2.24, 2.45) is 0 Å². The quantitative estimate of drug-likeness (QED) is 0.481. The first-order valence-corrected chi connectivity index (χ1v) is 8.17. The molecule has 0 saturated carbocycles. The molecule has 0 radical (unpaired) electrons. The highest BCUT2D eigenvalue weighted by Gasteiger charge is 2.09. The second-order valence-corrected chi connectivity index (χ2v) is 6.27. The normalized spacial score (nSPS) is 11.0. The highest BCUT2D eigenvalue weighted by Crippen LogP contribution is 2.35. The summed E-state index contributed by atoms with van der Waals surface area (Å²) in [6.07, 6.45) is 1.99. The maximum absolute atomic E-state index is 3.60. The molecule has 0 fully saturated rings. The molecule has 4 rings (SSSR count). The Hall–Kier alpha value is -2.52. The van der Waals surface area contributed by atoms with Gasteiger partial charge in [0.05, 0.1) is 0 Å². The first kappa shape index (κ1) is 13.2. The van der Waals surface area contributed by atoms with Gasteiger partial charge in [-0.1, -0.05) is 24.3 Å². The molecule has 108 valence electrons. The van der Waals surface area contributed by atoms with E-state index in [0.717, 1.165) is 11.4 Å².